The van der Waals surface area contributed by atoms with Crippen molar-refractivity contribution < 1.29 is 8.42 Å². The summed E-state index contributed by atoms with van der Waals surface area (Å²) in [6.07, 6.45) is 4.52. The summed E-state index contributed by atoms with van der Waals surface area (Å²) in [5.74, 6) is 0. The van der Waals surface area contributed by atoms with Crippen LogP contribution in [0.25, 0.3) is 0 Å². The Balaban J connectivity index is 2.77. The van der Waals surface area contributed by atoms with Crippen LogP contribution in [0.3, 0.4) is 0 Å². The summed E-state index contributed by atoms with van der Waals surface area (Å²) in [6.45, 7) is 4.21. The highest BCUT2D eigenvalue weighted by Crippen LogP contribution is 2.26. The lowest BCUT2D eigenvalue weighted by Gasteiger charge is -2.16. The number of sulfonamides is 1. The lowest BCUT2D eigenvalue weighted by molar-refractivity contribution is 0.597. The zero-order valence-corrected chi connectivity index (χ0v) is 12.9. The van der Waals surface area contributed by atoms with Crippen LogP contribution in [0.4, 0.5) is 5.69 Å². The van der Waals surface area contributed by atoms with Crippen LogP contribution in [0, 0.1) is 0 Å². The Morgan fingerprint density at radius 1 is 1.37 bits per heavy atom. The molecule has 0 aliphatic carbocycles. The van der Waals surface area contributed by atoms with Gasteiger partial charge in [-0.25, -0.2) is 13.6 Å². The fourth-order valence-electron chi connectivity index (χ4n) is 1.83. The van der Waals surface area contributed by atoms with E-state index in [1.54, 1.807) is 6.07 Å². The smallest absolute Gasteiger partial charge is 0.238 e. The standard InChI is InChI=1S/C13H21ClN2O2S/c1-3-4-5-6-10(2)16-13-9-11(19(15,17)18)7-8-12(13)14/h7-10,16H,3-6H2,1-2H3,(H2,15,17,18). The maximum Gasteiger partial charge on any atom is 0.238 e. The molecule has 0 fully saturated rings. The van der Waals surface area contributed by atoms with E-state index >= 15 is 0 Å². The quantitative estimate of drug-likeness (QED) is 0.759. The maximum atomic E-state index is 11.3. The second-order valence-electron chi connectivity index (χ2n) is 4.73. The highest BCUT2D eigenvalue weighted by atomic mass is 35.5. The molecule has 19 heavy (non-hydrogen) atoms. The molecule has 1 aromatic carbocycles. The average Bonchev–Trinajstić information content (AvgIpc) is 2.31. The summed E-state index contributed by atoms with van der Waals surface area (Å²) in [6, 6.07) is 4.67. The highest BCUT2D eigenvalue weighted by molar-refractivity contribution is 7.89. The number of rotatable bonds is 7. The van der Waals surface area contributed by atoms with Gasteiger partial charge in [0.1, 0.15) is 0 Å². The summed E-state index contributed by atoms with van der Waals surface area (Å²) in [4.78, 5) is 0.0696. The largest absolute Gasteiger partial charge is 0.381 e. The van der Waals surface area contributed by atoms with Crippen molar-refractivity contribution in [3.05, 3.63) is 23.2 Å². The third-order valence-electron chi connectivity index (χ3n) is 2.91. The molecule has 1 atom stereocenters. The van der Waals surface area contributed by atoms with Gasteiger partial charge in [0, 0.05) is 6.04 Å². The van der Waals surface area contributed by atoms with Gasteiger partial charge in [-0.3, -0.25) is 0 Å². The zero-order valence-electron chi connectivity index (χ0n) is 11.3. The van der Waals surface area contributed by atoms with Crippen molar-refractivity contribution in [3.63, 3.8) is 0 Å². The number of hydrogen-bond donors (Lipinski definition) is 2. The molecule has 6 heteroatoms. The fraction of sp³-hybridized carbons (Fsp3) is 0.538. The predicted octanol–water partition coefficient (Wildman–Crippen LogP) is 3.37. The van der Waals surface area contributed by atoms with E-state index in [-0.39, 0.29) is 10.9 Å². The topological polar surface area (TPSA) is 72.2 Å². The number of unbranched alkanes of at least 4 members (excludes halogenated alkanes) is 2. The molecule has 1 aromatic rings. The Morgan fingerprint density at radius 2 is 2.05 bits per heavy atom. The number of anilines is 1. The van der Waals surface area contributed by atoms with Crippen LogP contribution in [0.15, 0.2) is 23.1 Å². The van der Waals surface area contributed by atoms with E-state index in [9.17, 15) is 8.42 Å². The minimum Gasteiger partial charge on any atom is -0.381 e. The molecule has 1 unspecified atom stereocenters. The summed E-state index contributed by atoms with van der Waals surface area (Å²) in [5.41, 5.74) is 0.609. The number of benzene rings is 1. The molecule has 0 bridgehead atoms. The van der Waals surface area contributed by atoms with Crippen molar-refractivity contribution in [1.82, 2.24) is 0 Å². The predicted molar refractivity (Wildman–Crippen MR) is 80.1 cm³/mol. The first kappa shape index (κ1) is 16.3. The molecule has 0 spiro atoms. The summed E-state index contributed by atoms with van der Waals surface area (Å²) < 4.78 is 22.6. The first-order chi connectivity index (χ1) is 8.84. The van der Waals surface area contributed by atoms with E-state index in [0.717, 1.165) is 12.8 Å². The van der Waals surface area contributed by atoms with Gasteiger partial charge in [-0.2, -0.15) is 0 Å². The molecule has 0 radical (unpaired) electrons. The second kappa shape index (κ2) is 7.12. The summed E-state index contributed by atoms with van der Waals surface area (Å²) in [7, 11) is -3.70. The van der Waals surface area contributed by atoms with Gasteiger partial charge in [0.25, 0.3) is 0 Å². The van der Waals surface area contributed by atoms with Crippen molar-refractivity contribution >= 4 is 27.3 Å². The van der Waals surface area contributed by atoms with Gasteiger partial charge >= 0.3 is 0 Å². The molecule has 0 saturated heterocycles. The van der Waals surface area contributed by atoms with E-state index < -0.39 is 10.0 Å². The van der Waals surface area contributed by atoms with Gasteiger partial charge < -0.3 is 5.32 Å². The molecular formula is C13H21ClN2O2S. The van der Waals surface area contributed by atoms with Gasteiger partial charge in [-0.15, -0.1) is 0 Å². The van der Waals surface area contributed by atoms with Gasteiger partial charge in [-0.05, 0) is 31.5 Å². The van der Waals surface area contributed by atoms with Crippen molar-refractivity contribution in [3.8, 4) is 0 Å². The Kier molecular flexibility index (Phi) is 6.10. The van der Waals surface area contributed by atoms with Crippen LogP contribution in [-0.2, 0) is 10.0 Å². The molecule has 3 N–H and O–H groups in total. The molecule has 0 saturated carbocycles. The molecule has 0 amide bonds. The van der Waals surface area contributed by atoms with Gasteiger partial charge in [0.2, 0.25) is 10.0 Å². The van der Waals surface area contributed by atoms with Crippen LogP contribution in [0.2, 0.25) is 5.02 Å². The van der Waals surface area contributed by atoms with Crippen LogP contribution < -0.4 is 10.5 Å². The van der Waals surface area contributed by atoms with Crippen molar-refractivity contribution in [2.24, 2.45) is 5.14 Å². The van der Waals surface area contributed by atoms with Crippen LogP contribution in [-0.4, -0.2) is 14.5 Å². The zero-order chi connectivity index (χ0) is 14.5. The monoisotopic (exact) mass is 304 g/mol. The Morgan fingerprint density at radius 3 is 2.63 bits per heavy atom. The van der Waals surface area contributed by atoms with Crippen molar-refractivity contribution in [2.75, 3.05) is 5.32 Å². The van der Waals surface area contributed by atoms with Crippen LogP contribution in [0.5, 0.6) is 0 Å². The second-order valence-corrected chi connectivity index (χ2v) is 6.70. The molecule has 0 aliphatic heterocycles. The van der Waals surface area contributed by atoms with Crippen LogP contribution in [0.1, 0.15) is 39.5 Å². The normalized spacial score (nSPS) is 13.3. The maximum absolute atomic E-state index is 11.3. The molecule has 0 aliphatic rings. The number of halogens is 1. The lowest BCUT2D eigenvalue weighted by Crippen LogP contribution is -2.17. The Bertz CT molecular complexity index is 517. The third kappa shape index (κ3) is 5.38. The first-order valence-electron chi connectivity index (χ1n) is 6.43. The van der Waals surface area contributed by atoms with E-state index in [1.165, 1.54) is 25.0 Å². The number of nitrogens with one attached hydrogen (secondary N) is 1. The van der Waals surface area contributed by atoms with Crippen LogP contribution >= 0.6 is 11.6 Å². The number of primary sulfonamides is 1. The molecular weight excluding hydrogens is 284 g/mol. The van der Waals surface area contributed by atoms with E-state index in [1.807, 2.05) is 0 Å². The van der Waals surface area contributed by atoms with E-state index in [2.05, 4.69) is 19.2 Å². The summed E-state index contributed by atoms with van der Waals surface area (Å²) >= 11 is 6.05. The van der Waals surface area contributed by atoms with E-state index in [4.69, 9.17) is 16.7 Å². The highest BCUT2D eigenvalue weighted by Gasteiger charge is 2.12. The first-order valence-corrected chi connectivity index (χ1v) is 8.36. The number of nitrogens with two attached hydrogens (primary N) is 1. The SMILES string of the molecule is CCCCCC(C)Nc1cc(S(N)(=O)=O)ccc1Cl. The minimum atomic E-state index is -3.70. The lowest BCUT2D eigenvalue weighted by atomic mass is 10.1. The molecule has 0 aromatic heterocycles. The molecule has 1 rings (SSSR count). The van der Waals surface area contributed by atoms with Gasteiger partial charge in [-0.1, -0.05) is 37.8 Å². The Labute approximate surface area is 120 Å². The summed E-state index contributed by atoms with van der Waals surface area (Å²) in [5, 5.41) is 8.83. The minimum absolute atomic E-state index is 0.0696. The van der Waals surface area contributed by atoms with Crippen molar-refractivity contribution in [1.29, 1.82) is 0 Å². The third-order valence-corrected chi connectivity index (χ3v) is 4.15. The van der Waals surface area contributed by atoms with Gasteiger partial charge in [0.15, 0.2) is 0 Å². The molecule has 0 heterocycles. The van der Waals surface area contributed by atoms with Gasteiger partial charge in [0.05, 0.1) is 15.6 Å². The van der Waals surface area contributed by atoms with E-state index in [0.29, 0.717) is 10.7 Å². The average molecular weight is 305 g/mol. The fourth-order valence-corrected chi connectivity index (χ4v) is 2.54. The molecule has 108 valence electrons. The molecule has 4 nitrogen and oxygen atoms in total. The number of hydrogen-bond acceptors (Lipinski definition) is 3. The van der Waals surface area contributed by atoms with Crippen molar-refractivity contribution in [2.45, 2.75) is 50.5 Å². The Hall–Kier alpha value is -0.780.